The van der Waals surface area contributed by atoms with Crippen LogP contribution in [0.5, 0.6) is 23.0 Å². The van der Waals surface area contributed by atoms with E-state index in [0.717, 1.165) is 6.07 Å². The summed E-state index contributed by atoms with van der Waals surface area (Å²) in [6.07, 6.45) is -9.40. The fourth-order valence-electron chi connectivity index (χ4n) is 3.66. The SMILES string of the molecule is O=C1C[C@H](c2ccc(O[C@H]3O[C@@H](C(=O)O)[C@H](O)[C@@H](O)[C@@H]3O)cc2)Oc2cc(O)cc(O)c21. The Morgan fingerprint density at radius 3 is 2.34 bits per heavy atom. The number of aliphatic hydroxyl groups excluding tert-OH is 3. The maximum absolute atomic E-state index is 12.4. The molecule has 1 fully saturated rings. The maximum atomic E-state index is 12.4. The number of hydrogen-bond acceptors (Lipinski definition) is 10. The number of ether oxygens (including phenoxy) is 3. The van der Waals surface area contributed by atoms with Crippen LogP contribution in [0.4, 0.5) is 0 Å². The molecule has 6 N–H and O–H groups in total. The van der Waals surface area contributed by atoms with Gasteiger partial charge in [-0.25, -0.2) is 4.79 Å². The molecule has 0 radical (unpaired) electrons. The average Bonchev–Trinajstić information content (AvgIpc) is 2.73. The lowest BCUT2D eigenvalue weighted by Crippen LogP contribution is -2.61. The van der Waals surface area contributed by atoms with Crippen LogP contribution in [-0.2, 0) is 9.53 Å². The van der Waals surface area contributed by atoms with E-state index in [9.17, 15) is 35.1 Å². The third-order valence-corrected chi connectivity index (χ3v) is 5.30. The van der Waals surface area contributed by atoms with Gasteiger partial charge in [0.2, 0.25) is 6.29 Å². The number of carbonyl (C=O) groups is 2. The third kappa shape index (κ3) is 3.94. The molecule has 0 aliphatic carbocycles. The molecule has 0 spiro atoms. The van der Waals surface area contributed by atoms with Crippen LogP contribution in [0.25, 0.3) is 0 Å². The van der Waals surface area contributed by atoms with E-state index in [4.69, 9.17) is 19.3 Å². The quantitative estimate of drug-likeness (QED) is 0.372. The number of phenols is 2. The number of carboxylic acid groups (broad SMARTS) is 1. The Kier molecular flexibility index (Phi) is 5.65. The number of aliphatic carboxylic acids is 1. The molecule has 170 valence electrons. The molecule has 6 atom stereocenters. The molecule has 0 aromatic heterocycles. The van der Waals surface area contributed by atoms with Crippen molar-refractivity contribution in [2.45, 2.75) is 43.2 Å². The lowest BCUT2D eigenvalue weighted by atomic mass is 9.95. The van der Waals surface area contributed by atoms with Crippen molar-refractivity contribution in [3.8, 4) is 23.0 Å². The van der Waals surface area contributed by atoms with E-state index >= 15 is 0 Å². The first-order chi connectivity index (χ1) is 15.2. The number of phenolic OH excluding ortho intramolecular Hbond substituents is 2. The molecule has 1 saturated heterocycles. The molecule has 2 aromatic rings. The molecule has 11 nitrogen and oxygen atoms in total. The van der Waals surface area contributed by atoms with Gasteiger partial charge in [0.25, 0.3) is 0 Å². The van der Waals surface area contributed by atoms with Gasteiger partial charge in [0, 0.05) is 12.1 Å². The van der Waals surface area contributed by atoms with Gasteiger partial charge in [-0.05, 0) is 17.7 Å². The Labute approximate surface area is 180 Å². The predicted molar refractivity (Wildman–Crippen MR) is 103 cm³/mol. The third-order valence-electron chi connectivity index (χ3n) is 5.30. The number of aromatic hydroxyl groups is 2. The summed E-state index contributed by atoms with van der Waals surface area (Å²) >= 11 is 0. The van der Waals surface area contributed by atoms with Crippen LogP contribution in [0.3, 0.4) is 0 Å². The van der Waals surface area contributed by atoms with E-state index < -0.39 is 42.8 Å². The average molecular weight is 448 g/mol. The van der Waals surface area contributed by atoms with Crippen molar-refractivity contribution in [3.05, 3.63) is 47.5 Å². The summed E-state index contributed by atoms with van der Waals surface area (Å²) in [7, 11) is 0. The summed E-state index contributed by atoms with van der Waals surface area (Å²) in [4.78, 5) is 23.6. The smallest absolute Gasteiger partial charge is 0.335 e. The molecular weight excluding hydrogens is 428 g/mol. The largest absolute Gasteiger partial charge is 0.508 e. The van der Waals surface area contributed by atoms with Gasteiger partial charge in [-0.3, -0.25) is 4.79 Å². The second-order valence-electron chi connectivity index (χ2n) is 7.49. The van der Waals surface area contributed by atoms with Crippen LogP contribution in [0.15, 0.2) is 36.4 Å². The molecule has 0 saturated carbocycles. The van der Waals surface area contributed by atoms with E-state index in [0.29, 0.717) is 5.56 Å². The summed E-state index contributed by atoms with van der Waals surface area (Å²) in [5.41, 5.74) is 0.569. The normalized spacial score (nSPS) is 29.7. The van der Waals surface area contributed by atoms with Crippen molar-refractivity contribution in [2.75, 3.05) is 0 Å². The maximum Gasteiger partial charge on any atom is 0.335 e. The Bertz CT molecular complexity index is 1030. The first-order valence-corrected chi connectivity index (χ1v) is 9.60. The monoisotopic (exact) mass is 448 g/mol. The van der Waals surface area contributed by atoms with Crippen LogP contribution in [0.1, 0.15) is 28.4 Å². The van der Waals surface area contributed by atoms with Crippen molar-refractivity contribution in [1.82, 2.24) is 0 Å². The predicted octanol–water partition coefficient (Wildman–Crippen LogP) is 0.0753. The molecular formula is C21H20O11. The first kappa shape index (κ1) is 21.8. The van der Waals surface area contributed by atoms with Gasteiger partial charge in [-0.1, -0.05) is 12.1 Å². The highest BCUT2D eigenvalue weighted by molar-refractivity contribution is 6.02. The zero-order chi connectivity index (χ0) is 23.2. The van der Waals surface area contributed by atoms with Gasteiger partial charge in [-0.15, -0.1) is 0 Å². The number of hydrogen-bond donors (Lipinski definition) is 6. The number of benzene rings is 2. The zero-order valence-corrected chi connectivity index (χ0v) is 16.4. The lowest BCUT2D eigenvalue weighted by Gasteiger charge is -2.38. The zero-order valence-electron chi connectivity index (χ0n) is 16.4. The minimum Gasteiger partial charge on any atom is -0.508 e. The summed E-state index contributed by atoms with van der Waals surface area (Å²) < 4.78 is 16.3. The Morgan fingerprint density at radius 1 is 1.00 bits per heavy atom. The summed E-state index contributed by atoms with van der Waals surface area (Å²) in [6.45, 7) is 0. The summed E-state index contributed by atoms with van der Waals surface area (Å²) in [5, 5.41) is 58.3. The standard InChI is InChI=1S/C21H20O11/c22-9-5-11(23)15-12(24)7-13(31-14(15)6-9)8-1-3-10(4-2-8)30-21-18(27)16(25)17(26)19(32-21)20(28)29/h1-6,13,16-19,21-23,25-27H,7H2,(H,28,29)/t13-,16-,17-,18+,19-,21+/m1/s1. The van der Waals surface area contributed by atoms with Crippen LogP contribution in [0.2, 0.25) is 0 Å². The minimum atomic E-state index is -1.83. The minimum absolute atomic E-state index is 0.00355. The second-order valence-corrected chi connectivity index (χ2v) is 7.49. The first-order valence-electron chi connectivity index (χ1n) is 9.60. The Balaban J connectivity index is 1.49. The molecule has 4 rings (SSSR count). The van der Waals surface area contributed by atoms with Gasteiger partial charge in [-0.2, -0.15) is 0 Å². The van der Waals surface area contributed by atoms with Gasteiger partial charge < -0.3 is 44.8 Å². The molecule has 2 aliphatic rings. The number of rotatable bonds is 4. The van der Waals surface area contributed by atoms with Crippen LogP contribution >= 0.6 is 0 Å². The summed E-state index contributed by atoms with van der Waals surface area (Å²) in [5.74, 6) is -2.30. The number of ketones is 1. The fourth-order valence-corrected chi connectivity index (χ4v) is 3.66. The van der Waals surface area contributed by atoms with E-state index in [1.807, 2.05) is 0 Å². The van der Waals surface area contributed by atoms with Gasteiger partial charge in [0.15, 0.2) is 11.9 Å². The lowest BCUT2D eigenvalue weighted by molar-refractivity contribution is -0.271. The number of carboxylic acids is 1. The van der Waals surface area contributed by atoms with Crippen LogP contribution in [0, 0.1) is 0 Å². The summed E-state index contributed by atoms with van der Waals surface area (Å²) in [6, 6.07) is 8.34. The Hall–Kier alpha value is -3.38. The van der Waals surface area contributed by atoms with E-state index in [2.05, 4.69) is 0 Å². The number of fused-ring (bicyclic) bond motifs is 1. The van der Waals surface area contributed by atoms with Crippen LogP contribution in [-0.4, -0.2) is 73.1 Å². The van der Waals surface area contributed by atoms with Crippen molar-refractivity contribution >= 4 is 11.8 Å². The van der Waals surface area contributed by atoms with Gasteiger partial charge in [0.1, 0.15) is 53.0 Å². The molecule has 2 aliphatic heterocycles. The highest BCUT2D eigenvalue weighted by Gasteiger charge is 2.48. The molecule has 2 aromatic carbocycles. The van der Waals surface area contributed by atoms with Crippen molar-refractivity contribution < 1.29 is 54.4 Å². The fraction of sp³-hybridized carbons (Fsp3) is 0.333. The van der Waals surface area contributed by atoms with Crippen molar-refractivity contribution in [3.63, 3.8) is 0 Å². The molecule has 0 amide bonds. The molecule has 0 unspecified atom stereocenters. The highest BCUT2D eigenvalue weighted by Crippen LogP contribution is 2.41. The Morgan fingerprint density at radius 2 is 1.69 bits per heavy atom. The molecule has 32 heavy (non-hydrogen) atoms. The van der Waals surface area contributed by atoms with E-state index in [-0.39, 0.29) is 40.8 Å². The topological polar surface area (TPSA) is 183 Å². The second kappa shape index (κ2) is 8.28. The molecule has 11 heteroatoms. The van der Waals surface area contributed by atoms with E-state index in [1.165, 1.54) is 18.2 Å². The molecule has 0 bridgehead atoms. The molecule has 2 heterocycles. The van der Waals surface area contributed by atoms with E-state index in [1.54, 1.807) is 12.1 Å². The van der Waals surface area contributed by atoms with Crippen LogP contribution < -0.4 is 9.47 Å². The van der Waals surface area contributed by atoms with Crippen molar-refractivity contribution in [1.29, 1.82) is 0 Å². The van der Waals surface area contributed by atoms with Gasteiger partial charge in [0.05, 0.1) is 6.42 Å². The number of carbonyl (C=O) groups excluding carboxylic acids is 1. The number of Topliss-reactive ketones (excluding diaryl/α,β-unsaturated/α-hetero) is 1. The van der Waals surface area contributed by atoms with Crippen molar-refractivity contribution in [2.24, 2.45) is 0 Å². The highest BCUT2D eigenvalue weighted by atomic mass is 16.7. The van der Waals surface area contributed by atoms with Gasteiger partial charge >= 0.3 is 5.97 Å². The number of aliphatic hydroxyl groups is 3.